The fourth-order valence-corrected chi connectivity index (χ4v) is 2.53. The van der Waals surface area contributed by atoms with Gasteiger partial charge < -0.3 is 4.74 Å². The highest BCUT2D eigenvalue weighted by Gasteiger charge is 2.42. The number of ether oxygens (including phenoxy) is 1. The molecule has 0 unspecified atom stereocenters. The fourth-order valence-electron chi connectivity index (χ4n) is 2.53. The molecule has 0 atom stereocenters. The number of amides is 1. The number of carbonyl (C=O) groups excluding carboxylic acids is 1. The lowest BCUT2D eigenvalue weighted by molar-refractivity contribution is -0.394. The number of hydrogen-bond acceptors (Lipinski definition) is 8. The zero-order valence-electron chi connectivity index (χ0n) is 14.7. The number of hydrogen-bond donors (Lipinski definition) is 0. The molecule has 0 radical (unpaired) electrons. The molecule has 0 fully saturated rings. The normalized spacial score (nSPS) is 10.9. The van der Waals surface area contributed by atoms with Gasteiger partial charge >= 0.3 is 11.9 Å². The van der Waals surface area contributed by atoms with Crippen molar-refractivity contribution >= 4 is 34.8 Å². The number of methoxy groups -OCH3 is 1. The van der Waals surface area contributed by atoms with E-state index in [0.717, 1.165) is 25.3 Å². The van der Waals surface area contributed by atoms with Crippen LogP contribution in [0.25, 0.3) is 0 Å². The molecule has 15 heteroatoms. The number of nitrogens with zero attached hydrogens (tertiary/aromatic N) is 4. The molecule has 0 N–H and O–H groups in total. The van der Waals surface area contributed by atoms with E-state index in [9.17, 15) is 48.3 Å². The molecule has 0 aliphatic rings. The maximum absolute atomic E-state index is 13.6. The number of anilines is 2. The second kappa shape index (κ2) is 7.98. The second-order valence-corrected chi connectivity index (χ2v) is 5.46. The van der Waals surface area contributed by atoms with Crippen molar-refractivity contribution in [2.45, 2.75) is 6.18 Å². The van der Waals surface area contributed by atoms with E-state index in [-0.39, 0.29) is 23.4 Å². The predicted octanol–water partition coefficient (Wildman–Crippen LogP) is 3.73. The van der Waals surface area contributed by atoms with Crippen molar-refractivity contribution in [3.63, 3.8) is 0 Å². The zero-order chi connectivity index (χ0) is 22.8. The van der Waals surface area contributed by atoms with Crippen LogP contribution in [0.15, 0.2) is 30.3 Å². The smallest absolute Gasteiger partial charge is 0.418 e. The molecule has 0 aromatic heterocycles. The summed E-state index contributed by atoms with van der Waals surface area (Å²) in [5.74, 6) is -0.447. The molecule has 0 aliphatic heterocycles. The number of non-ortho nitro benzene ring substituents is 2. The lowest BCUT2D eigenvalue weighted by Crippen LogP contribution is -2.22. The summed E-state index contributed by atoms with van der Waals surface area (Å²) < 4.78 is 45.6. The van der Waals surface area contributed by atoms with Crippen molar-refractivity contribution in [1.82, 2.24) is 0 Å². The minimum Gasteiger partial charge on any atom is -0.494 e. The standard InChI is InChI=1S/C15H9F3N4O8/c1-30-13-6-8(20(24)25)2-3-11(13)19(7-23)14-10(15(16,17)18)4-9(21(26)27)5-12(14)22(28)29/h2-7H,1H3. The zero-order valence-corrected chi connectivity index (χ0v) is 14.7. The fraction of sp³-hybridized carbons (Fsp3) is 0.133. The summed E-state index contributed by atoms with van der Waals surface area (Å²) in [4.78, 5) is 41.6. The lowest BCUT2D eigenvalue weighted by Gasteiger charge is -2.23. The van der Waals surface area contributed by atoms with Crippen molar-refractivity contribution in [1.29, 1.82) is 0 Å². The van der Waals surface area contributed by atoms with Crippen molar-refractivity contribution in [3.05, 3.63) is 66.2 Å². The first kappa shape index (κ1) is 22.0. The summed E-state index contributed by atoms with van der Waals surface area (Å²) in [6, 6.07) is 2.77. The number of alkyl halides is 3. The van der Waals surface area contributed by atoms with Crippen LogP contribution in [0, 0.1) is 30.3 Å². The monoisotopic (exact) mass is 430 g/mol. The van der Waals surface area contributed by atoms with E-state index in [2.05, 4.69) is 0 Å². The van der Waals surface area contributed by atoms with Gasteiger partial charge in [-0.15, -0.1) is 0 Å². The summed E-state index contributed by atoms with van der Waals surface area (Å²) in [5, 5.41) is 33.2. The van der Waals surface area contributed by atoms with Crippen molar-refractivity contribution in [2.75, 3.05) is 12.0 Å². The molecular weight excluding hydrogens is 421 g/mol. The van der Waals surface area contributed by atoms with Crippen LogP contribution in [0.1, 0.15) is 5.56 Å². The number of nitro benzene ring substituents is 3. The van der Waals surface area contributed by atoms with E-state index < -0.39 is 60.7 Å². The third-order valence-electron chi connectivity index (χ3n) is 3.77. The van der Waals surface area contributed by atoms with Gasteiger partial charge in [-0.2, -0.15) is 13.2 Å². The molecular formula is C15H9F3N4O8. The van der Waals surface area contributed by atoms with Crippen molar-refractivity contribution < 1.29 is 37.5 Å². The Bertz CT molecular complexity index is 1060. The number of nitro groups is 3. The van der Waals surface area contributed by atoms with Gasteiger partial charge in [0.2, 0.25) is 6.41 Å². The Labute approximate surface area is 163 Å². The highest BCUT2D eigenvalue weighted by atomic mass is 19.4. The summed E-state index contributed by atoms with van der Waals surface area (Å²) in [5.41, 5.74) is -6.80. The van der Waals surface area contributed by atoms with Crippen LogP contribution >= 0.6 is 0 Å². The molecule has 0 spiro atoms. The van der Waals surface area contributed by atoms with Gasteiger partial charge in [0.05, 0.1) is 45.3 Å². The minimum atomic E-state index is -5.33. The molecule has 0 heterocycles. The van der Waals surface area contributed by atoms with Crippen LogP contribution in [0.4, 0.5) is 41.6 Å². The number of carbonyl (C=O) groups is 1. The van der Waals surface area contributed by atoms with E-state index >= 15 is 0 Å². The third kappa shape index (κ3) is 4.08. The average Bonchev–Trinajstić information content (AvgIpc) is 2.67. The molecule has 2 rings (SSSR count). The molecule has 0 saturated carbocycles. The van der Waals surface area contributed by atoms with Crippen LogP contribution in [0.5, 0.6) is 5.75 Å². The van der Waals surface area contributed by atoms with E-state index in [1.165, 1.54) is 0 Å². The maximum atomic E-state index is 13.6. The molecule has 1 amide bonds. The number of benzene rings is 2. The number of rotatable bonds is 7. The van der Waals surface area contributed by atoms with Gasteiger partial charge in [-0.05, 0) is 6.07 Å². The first-order valence-electron chi connectivity index (χ1n) is 7.53. The maximum Gasteiger partial charge on any atom is 0.418 e. The van der Waals surface area contributed by atoms with Gasteiger partial charge in [0, 0.05) is 12.1 Å². The van der Waals surface area contributed by atoms with Gasteiger partial charge in [0.25, 0.3) is 11.4 Å². The molecule has 0 bridgehead atoms. The quantitative estimate of drug-likeness (QED) is 0.365. The highest BCUT2D eigenvalue weighted by molar-refractivity contribution is 5.94. The second-order valence-electron chi connectivity index (χ2n) is 5.46. The van der Waals surface area contributed by atoms with Crippen LogP contribution < -0.4 is 9.64 Å². The highest BCUT2D eigenvalue weighted by Crippen LogP contribution is 2.47. The van der Waals surface area contributed by atoms with Crippen LogP contribution in [0.2, 0.25) is 0 Å². The van der Waals surface area contributed by atoms with Crippen molar-refractivity contribution in [3.8, 4) is 5.75 Å². The average molecular weight is 430 g/mol. The number of halogens is 3. The summed E-state index contributed by atoms with van der Waals surface area (Å²) in [6.45, 7) is 0. The van der Waals surface area contributed by atoms with Gasteiger partial charge in [0.15, 0.2) is 0 Å². The summed E-state index contributed by atoms with van der Waals surface area (Å²) in [7, 11) is 1.00. The molecule has 158 valence electrons. The third-order valence-corrected chi connectivity index (χ3v) is 3.77. The molecule has 30 heavy (non-hydrogen) atoms. The minimum absolute atomic E-state index is 0.0384. The van der Waals surface area contributed by atoms with Gasteiger partial charge in [-0.3, -0.25) is 40.0 Å². The van der Waals surface area contributed by atoms with E-state index in [1.807, 2.05) is 0 Å². The Hall–Kier alpha value is -4.30. The summed E-state index contributed by atoms with van der Waals surface area (Å²) in [6.07, 6.45) is -5.55. The molecule has 0 saturated heterocycles. The summed E-state index contributed by atoms with van der Waals surface area (Å²) >= 11 is 0. The molecule has 0 aliphatic carbocycles. The van der Waals surface area contributed by atoms with Crippen LogP contribution in [-0.4, -0.2) is 28.3 Å². The Kier molecular flexibility index (Phi) is 5.85. The SMILES string of the molecule is COc1cc([N+](=O)[O-])ccc1N(C=O)c1c([N+](=O)[O-])cc([N+](=O)[O-])cc1C(F)(F)F. The first-order valence-corrected chi connectivity index (χ1v) is 7.53. The van der Waals surface area contributed by atoms with Crippen LogP contribution in [0.3, 0.4) is 0 Å². The van der Waals surface area contributed by atoms with Crippen LogP contribution in [-0.2, 0) is 11.0 Å². The van der Waals surface area contributed by atoms with Crippen molar-refractivity contribution in [2.24, 2.45) is 0 Å². The van der Waals surface area contributed by atoms with Gasteiger partial charge in [0.1, 0.15) is 11.4 Å². The topological polar surface area (TPSA) is 159 Å². The molecule has 2 aromatic rings. The van der Waals surface area contributed by atoms with E-state index in [4.69, 9.17) is 4.74 Å². The lowest BCUT2D eigenvalue weighted by atomic mass is 10.1. The molecule has 12 nitrogen and oxygen atoms in total. The van der Waals surface area contributed by atoms with Gasteiger partial charge in [-0.1, -0.05) is 0 Å². The van der Waals surface area contributed by atoms with E-state index in [1.54, 1.807) is 0 Å². The first-order chi connectivity index (χ1) is 13.9. The predicted molar refractivity (Wildman–Crippen MR) is 92.6 cm³/mol. The van der Waals surface area contributed by atoms with E-state index in [0.29, 0.717) is 0 Å². The Balaban J connectivity index is 2.92. The Morgan fingerprint density at radius 3 is 2.00 bits per heavy atom. The Morgan fingerprint density at radius 2 is 1.57 bits per heavy atom. The van der Waals surface area contributed by atoms with Gasteiger partial charge in [-0.25, -0.2) is 0 Å². The largest absolute Gasteiger partial charge is 0.494 e. The Morgan fingerprint density at radius 1 is 0.967 bits per heavy atom. The molecule has 2 aromatic carbocycles.